The van der Waals surface area contributed by atoms with Gasteiger partial charge in [0, 0.05) is 31.2 Å². The summed E-state index contributed by atoms with van der Waals surface area (Å²) in [5, 5.41) is 11.6. The number of hydrogen-bond donors (Lipinski definition) is 1. The summed E-state index contributed by atoms with van der Waals surface area (Å²) in [5.74, 6) is 1.90. The number of hydrogen-bond acceptors (Lipinski definition) is 4. The molecule has 1 saturated heterocycles. The number of likely N-dealkylation sites (tertiary alicyclic amines) is 1. The summed E-state index contributed by atoms with van der Waals surface area (Å²) < 4.78 is 2.36. The second-order valence-corrected chi connectivity index (χ2v) is 9.22. The molecule has 0 unspecified atom stereocenters. The first-order valence-corrected chi connectivity index (χ1v) is 10.8. The Morgan fingerprint density at radius 2 is 2.00 bits per heavy atom. The number of imidazole rings is 1. The Labute approximate surface area is 172 Å². The quantitative estimate of drug-likeness (QED) is 0.730. The van der Waals surface area contributed by atoms with Crippen molar-refractivity contribution in [1.82, 2.24) is 19.4 Å². The molecule has 2 fully saturated rings. The number of aliphatic hydroxyl groups is 1. The van der Waals surface area contributed by atoms with Gasteiger partial charge >= 0.3 is 0 Å². The average Bonchev–Trinajstić information content (AvgIpc) is 3.35. The smallest absolute Gasteiger partial charge is 0.124 e. The van der Waals surface area contributed by atoms with Crippen molar-refractivity contribution in [3.05, 3.63) is 59.7 Å². The van der Waals surface area contributed by atoms with E-state index in [9.17, 15) is 5.11 Å². The van der Waals surface area contributed by atoms with Gasteiger partial charge < -0.3 is 9.67 Å². The van der Waals surface area contributed by atoms with E-state index in [0.717, 1.165) is 55.1 Å². The van der Waals surface area contributed by atoms with Gasteiger partial charge in [-0.05, 0) is 63.3 Å². The fourth-order valence-corrected chi connectivity index (χ4v) is 5.54. The molecule has 1 N–H and O–H groups in total. The van der Waals surface area contributed by atoms with E-state index in [-0.39, 0.29) is 5.92 Å². The van der Waals surface area contributed by atoms with Gasteiger partial charge in [-0.25, -0.2) is 4.98 Å². The zero-order chi connectivity index (χ0) is 20.2. The normalized spacial score (nSPS) is 27.2. The van der Waals surface area contributed by atoms with E-state index in [1.165, 1.54) is 5.52 Å². The van der Waals surface area contributed by atoms with E-state index >= 15 is 0 Å². The zero-order valence-electron chi connectivity index (χ0n) is 17.5. The minimum atomic E-state index is -0.800. The predicted octanol–water partition coefficient (Wildman–Crippen LogP) is 4.05. The molecule has 0 spiro atoms. The molecule has 1 aromatic carbocycles. The molecule has 5 heteroatoms. The van der Waals surface area contributed by atoms with Crippen LogP contribution in [0.3, 0.4) is 0 Å². The van der Waals surface area contributed by atoms with Crippen LogP contribution in [-0.2, 0) is 12.1 Å². The number of para-hydroxylation sites is 2. The van der Waals surface area contributed by atoms with E-state index < -0.39 is 5.60 Å². The molecule has 3 aromatic rings. The SMILES string of the molecule is Cc1ccc([C@]2(O)CC[C@H]3CN(Cc4nc5ccccc5n4C(C)C)C[C@H]32)nc1. The van der Waals surface area contributed by atoms with Crippen LogP contribution < -0.4 is 0 Å². The van der Waals surface area contributed by atoms with E-state index in [4.69, 9.17) is 4.98 Å². The van der Waals surface area contributed by atoms with Gasteiger partial charge in [0.25, 0.3) is 0 Å². The third-order valence-electron chi connectivity index (χ3n) is 6.93. The minimum absolute atomic E-state index is 0.245. The molecule has 2 aliphatic rings. The lowest BCUT2D eigenvalue weighted by Crippen LogP contribution is -2.35. The van der Waals surface area contributed by atoms with E-state index in [0.29, 0.717) is 12.0 Å². The summed E-state index contributed by atoms with van der Waals surface area (Å²) in [6, 6.07) is 12.8. The maximum Gasteiger partial charge on any atom is 0.124 e. The van der Waals surface area contributed by atoms with Crippen LogP contribution in [0, 0.1) is 18.8 Å². The molecular weight excluding hydrogens is 360 g/mol. The number of benzene rings is 1. The van der Waals surface area contributed by atoms with E-state index in [1.807, 2.05) is 19.2 Å². The monoisotopic (exact) mass is 390 g/mol. The van der Waals surface area contributed by atoms with Crippen LogP contribution in [0.4, 0.5) is 0 Å². The van der Waals surface area contributed by atoms with Crippen LogP contribution in [0.1, 0.15) is 49.8 Å². The van der Waals surface area contributed by atoms with Crippen molar-refractivity contribution < 1.29 is 5.11 Å². The first-order valence-electron chi connectivity index (χ1n) is 10.8. The van der Waals surface area contributed by atoms with Crippen molar-refractivity contribution in [2.45, 2.75) is 51.8 Å². The number of aromatic nitrogens is 3. The first kappa shape index (κ1) is 18.8. The van der Waals surface area contributed by atoms with Crippen LogP contribution in [0.25, 0.3) is 11.0 Å². The summed E-state index contributed by atoms with van der Waals surface area (Å²) in [7, 11) is 0. The van der Waals surface area contributed by atoms with Crippen molar-refractivity contribution in [1.29, 1.82) is 0 Å². The molecule has 1 aliphatic heterocycles. The van der Waals surface area contributed by atoms with Crippen molar-refractivity contribution in [2.75, 3.05) is 13.1 Å². The Morgan fingerprint density at radius 1 is 1.17 bits per heavy atom. The number of rotatable bonds is 4. The van der Waals surface area contributed by atoms with Gasteiger partial charge in [-0.2, -0.15) is 0 Å². The standard InChI is InChI=1S/C24H30N4O/c1-16(2)28-21-7-5-4-6-20(21)26-23(28)15-27-13-18-10-11-24(29,19(18)14-27)22-9-8-17(3)12-25-22/h4-9,12,16,18-19,29H,10-11,13-15H2,1-3H3/t18-,19+,24-/m0/s1. The Morgan fingerprint density at radius 3 is 2.76 bits per heavy atom. The second kappa shape index (κ2) is 6.92. The third-order valence-corrected chi connectivity index (χ3v) is 6.93. The first-order chi connectivity index (χ1) is 14.0. The Bertz CT molecular complexity index is 1030. The molecule has 5 nitrogen and oxygen atoms in total. The van der Waals surface area contributed by atoms with Gasteiger partial charge in [0.2, 0.25) is 0 Å². The maximum absolute atomic E-state index is 11.6. The lowest BCUT2D eigenvalue weighted by Gasteiger charge is -2.30. The average molecular weight is 391 g/mol. The van der Waals surface area contributed by atoms with Crippen LogP contribution in [0.2, 0.25) is 0 Å². The summed E-state index contributed by atoms with van der Waals surface area (Å²) in [4.78, 5) is 12.0. The molecule has 0 bridgehead atoms. The van der Waals surface area contributed by atoms with E-state index in [1.54, 1.807) is 0 Å². The molecular formula is C24H30N4O. The van der Waals surface area contributed by atoms with Crippen LogP contribution in [0.15, 0.2) is 42.6 Å². The van der Waals surface area contributed by atoms with Crippen molar-refractivity contribution in [3.8, 4) is 0 Å². The lowest BCUT2D eigenvalue weighted by atomic mass is 9.85. The van der Waals surface area contributed by atoms with Gasteiger partial charge in [0.15, 0.2) is 0 Å². The maximum atomic E-state index is 11.6. The molecule has 0 radical (unpaired) electrons. The number of nitrogens with zero attached hydrogens (tertiary/aromatic N) is 4. The highest BCUT2D eigenvalue weighted by atomic mass is 16.3. The highest BCUT2D eigenvalue weighted by Crippen LogP contribution is 2.50. The molecule has 3 heterocycles. The van der Waals surface area contributed by atoms with Gasteiger partial charge in [0.1, 0.15) is 11.4 Å². The summed E-state index contributed by atoms with van der Waals surface area (Å²) in [6.07, 6.45) is 3.75. The highest BCUT2D eigenvalue weighted by Gasteiger charge is 2.53. The molecule has 0 amide bonds. The number of aryl methyl sites for hydroxylation is 1. The van der Waals surface area contributed by atoms with Crippen molar-refractivity contribution in [2.24, 2.45) is 11.8 Å². The molecule has 5 rings (SSSR count). The Balaban J connectivity index is 1.40. The van der Waals surface area contributed by atoms with Crippen LogP contribution >= 0.6 is 0 Å². The number of pyridine rings is 1. The fourth-order valence-electron chi connectivity index (χ4n) is 5.54. The molecule has 29 heavy (non-hydrogen) atoms. The predicted molar refractivity (Wildman–Crippen MR) is 114 cm³/mol. The Hall–Kier alpha value is -2.24. The molecule has 1 saturated carbocycles. The topological polar surface area (TPSA) is 54.2 Å². The summed E-state index contributed by atoms with van der Waals surface area (Å²) in [5.41, 5.74) is 3.44. The highest BCUT2D eigenvalue weighted by molar-refractivity contribution is 5.76. The van der Waals surface area contributed by atoms with Gasteiger partial charge in [-0.15, -0.1) is 0 Å². The van der Waals surface area contributed by atoms with Crippen molar-refractivity contribution >= 4 is 11.0 Å². The zero-order valence-corrected chi connectivity index (χ0v) is 17.5. The van der Waals surface area contributed by atoms with Gasteiger partial charge in [-0.3, -0.25) is 9.88 Å². The third kappa shape index (κ3) is 3.08. The van der Waals surface area contributed by atoms with Crippen molar-refractivity contribution in [3.63, 3.8) is 0 Å². The summed E-state index contributed by atoms with van der Waals surface area (Å²) >= 11 is 0. The minimum Gasteiger partial charge on any atom is -0.383 e. The Kier molecular flexibility index (Phi) is 4.48. The molecule has 2 aromatic heterocycles. The largest absolute Gasteiger partial charge is 0.383 e. The van der Waals surface area contributed by atoms with E-state index in [2.05, 4.69) is 58.6 Å². The van der Waals surface area contributed by atoms with Gasteiger partial charge in [0.05, 0.1) is 23.3 Å². The van der Waals surface area contributed by atoms with Crippen LogP contribution in [0.5, 0.6) is 0 Å². The van der Waals surface area contributed by atoms with Crippen LogP contribution in [-0.4, -0.2) is 37.6 Å². The summed E-state index contributed by atoms with van der Waals surface area (Å²) in [6.45, 7) is 9.24. The molecule has 1 aliphatic carbocycles. The van der Waals surface area contributed by atoms with Gasteiger partial charge in [-0.1, -0.05) is 18.2 Å². The fraction of sp³-hybridized carbons (Fsp3) is 0.500. The molecule has 3 atom stereocenters. The number of fused-ring (bicyclic) bond motifs is 2. The lowest BCUT2D eigenvalue weighted by molar-refractivity contribution is -0.0109. The molecule has 152 valence electrons. The second-order valence-electron chi connectivity index (χ2n) is 9.22.